The Kier molecular flexibility index (Phi) is 6.11. The minimum absolute atomic E-state index is 0.0132. The predicted octanol–water partition coefficient (Wildman–Crippen LogP) is 3.57. The molecule has 2 amide bonds. The van der Waals surface area contributed by atoms with Crippen LogP contribution in [0.25, 0.3) is 5.65 Å². The maximum absolute atomic E-state index is 13.4. The number of halogens is 2. The molecule has 11 heteroatoms. The van der Waals surface area contributed by atoms with Gasteiger partial charge in [-0.05, 0) is 53.8 Å². The number of nitrogens with one attached hydrogen (secondary N) is 2. The van der Waals surface area contributed by atoms with Crippen molar-refractivity contribution in [3.05, 3.63) is 99.2 Å². The van der Waals surface area contributed by atoms with Crippen molar-refractivity contribution in [1.82, 2.24) is 25.2 Å². The van der Waals surface area contributed by atoms with Gasteiger partial charge in [0.05, 0.1) is 22.8 Å². The molecular weight excluding hydrogens is 489 g/mol. The summed E-state index contributed by atoms with van der Waals surface area (Å²) < 4.78 is 14.7. The van der Waals surface area contributed by atoms with Crippen LogP contribution < -0.4 is 10.6 Å². The molecule has 1 aliphatic carbocycles. The van der Waals surface area contributed by atoms with Crippen LogP contribution in [0.4, 0.5) is 4.39 Å². The molecule has 0 unspecified atom stereocenters. The summed E-state index contributed by atoms with van der Waals surface area (Å²) in [6.45, 7) is 0.0870. The van der Waals surface area contributed by atoms with Gasteiger partial charge in [0.15, 0.2) is 5.65 Å². The fourth-order valence-electron chi connectivity index (χ4n) is 4.25. The number of carboxylic acids is 1. The van der Waals surface area contributed by atoms with E-state index in [9.17, 15) is 23.9 Å². The fraction of sp³-hybridized carbons (Fsp3) is 0.160. The van der Waals surface area contributed by atoms with Crippen molar-refractivity contribution in [2.45, 2.75) is 25.4 Å². The highest BCUT2D eigenvalue weighted by Gasteiger charge is 2.27. The molecule has 36 heavy (non-hydrogen) atoms. The van der Waals surface area contributed by atoms with Gasteiger partial charge < -0.3 is 15.7 Å². The van der Waals surface area contributed by atoms with Crippen LogP contribution in [0.15, 0.2) is 54.7 Å². The average molecular weight is 508 g/mol. The van der Waals surface area contributed by atoms with Crippen molar-refractivity contribution in [1.29, 1.82) is 0 Å². The topological polar surface area (TPSA) is 126 Å². The number of aryl methyl sites for hydroxylation is 1. The van der Waals surface area contributed by atoms with E-state index in [4.69, 9.17) is 11.6 Å². The predicted molar refractivity (Wildman–Crippen MR) is 127 cm³/mol. The molecule has 1 atom stereocenters. The molecule has 4 aromatic rings. The second-order valence-electron chi connectivity index (χ2n) is 8.34. The molecular formula is C25H19ClFN5O4. The van der Waals surface area contributed by atoms with Crippen molar-refractivity contribution < 1.29 is 23.9 Å². The number of benzene rings is 2. The summed E-state index contributed by atoms with van der Waals surface area (Å²) in [5, 5.41) is 19.0. The first-order chi connectivity index (χ1) is 17.3. The number of aromatic carboxylic acids is 1. The average Bonchev–Trinajstić information content (AvgIpc) is 3.50. The number of fused-ring (bicyclic) bond motifs is 2. The minimum atomic E-state index is -1.00. The normalized spacial score (nSPS) is 14.4. The Balaban J connectivity index is 1.36. The van der Waals surface area contributed by atoms with Crippen molar-refractivity contribution in [3.8, 4) is 0 Å². The Labute approximate surface area is 208 Å². The molecule has 5 rings (SSSR count). The summed E-state index contributed by atoms with van der Waals surface area (Å²) in [4.78, 5) is 41.6. The number of amides is 2. The van der Waals surface area contributed by atoms with E-state index in [0.717, 1.165) is 11.1 Å². The van der Waals surface area contributed by atoms with Crippen molar-refractivity contribution >= 4 is 35.0 Å². The van der Waals surface area contributed by atoms with Gasteiger partial charge in [-0.15, -0.1) is 0 Å². The number of hydrogen-bond acceptors (Lipinski definition) is 5. The van der Waals surface area contributed by atoms with Crippen LogP contribution in [0.2, 0.25) is 5.02 Å². The van der Waals surface area contributed by atoms with E-state index in [2.05, 4.69) is 20.7 Å². The largest absolute Gasteiger partial charge is 0.478 e. The zero-order valence-corrected chi connectivity index (χ0v) is 19.4. The number of carboxylic acid groups (broad SMARTS) is 1. The lowest BCUT2D eigenvalue weighted by molar-refractivity contribution is 0.0696. The standard InChI is InChI=1S/C25H19ClFN5O4/c26-17-9-13(1-5-18(17)27)12-28-23(33)20-11-21(32-22(30-20)7-8-29-32)24(34)31-19-6-3-14-10-15(25(35)36)2-4-16(14)19/h1-2,4-5,7-11,19H,3,6,12H2,(H,28,33)(H,31,34)(H,35,36)/t19-/m1/s1. The minimum Gasteiger partial charge on any atom is -0.478 e. The van der Waals surface area contributed by atoms with E-state index >= 15 is 0 Å². The van der Waals surface area contributed by atoms with Crippen LogP contribution in [-0.2, 0) is 13.0 Å². The number of rotatable bonds is 6. The maximum atomic E-state index is 13.4. The molecule has 0 aliphatic heterocycles. The monoisotopic (exact) mass is 507 g/mol. The number of carbonyl (C=O) groups excluding carboxylic acids is 2. The first kappa shape index (κ1) is 23.4. The van der Waals surface area contributed by atoms with Gasteiger partial charge in [-0.2, -0.15) is 5.10 Å². The third kappa shape index (κ3) is 4.50. The van der Waals surface area contributed by atoms with Gasteiger partial charge >= 0.3 is 5.97 Å². The van der Waals surface area contributed by atoms with Crippen molar-refractivity contribution in [2.75, 3.05) is 0 Å². The van der Waals surface area contributed by atoms with Gasteiger partial charge in [-0.3, -0.25) is 9.59 Å². The second-order valence-corrected chi connectivity index (χ2v) is 8.75. The number of nitrogens with zero attached hydrogens (tertiary/aromatic N) is 3. The van der Waals surface area contributed by atoms with Crippen LogP contribution in [0.3, 0.4) is 0 Å². The van der Waals surface area contributed by atoms with Crippen LogP contribution in [0.1, 0.15) is 60.5 Å². The third-order valence-electron chi connectivity index (χ3n) is 6.03. The lowest BCUT2D eigenvalue weighted by Crippen LogP contribution is -2.30. The summed E-state index contributed by atoms with van der Waals surface area (Å²) in [7, 11) is 0. The Bertz CT molecular complexity index is 1540. The molecule has 0 saturated carbocycles. The van der Waals surface area contributed by atoms with E-state index in [1.807, 2.05) is 0 Å². The molecule has 182 valence electrons. The van der Waals surface area contributed by atoms with Crippen LogP contribution in [0.5, 0.6) is 0 Å². The lowest BCUT2D eigenvalue weighted by atomic mass is 10.0. The SMILES string of the molecule is O=C(O)c1ccc2c(c1)CC[C@H]2NC(=O)c1cc(C(=O)NCc2ccc(F)c(Cl)c2)nc2ccnn12. The molecule has 0 saturated heterocycles. The molecule has 1 aliphatic rings. The molecule has 3 N–H and O–H groups in total. The lowest BCUT2D eigenvalue weighted by Gasteiger charge is -2.15. The number of hydrogen-bond donors (Lipinski definition) is 3. The number of aromatic nitrogens is 3. The van der Waals surface area contributed by atoms with Gasteiger partial charge in [0, 0.05) is 18.7 Å². The molecule has 9 nitrogen and oxygen atoms in total. The summed E-state index contributed by atoms with van der Waals surface area (Å²) in [5.74, 6) is -2.54. The molecule has 0 spiro atoms. The molecule has 0 radical (unpaired) electrons. The van der Waals surface area contributed by atoms with E-state index in [0.29, 0.717) is 24.1 Å². The van der Waals surface area contributed by atoms with Crippen molar-refractivity contribution in [3.63, 3.8) is 0 Å². The van der Waals surface area contributed by atoms with E-state index < -0.39 is 23.6 Å². The van der Waals surface area contributed by atoms with Crippen molar-refractivity contribution in [2.24, 2.45) is 0 Å². The Hall–Kier alpha value is -4.31. The van der Waals surface area contributed by atoms with E-state index in [1.54, 1.807) is 18.2 Å². The van der Waals surface area contributed by atoms with E-state index in [1.165, 1.54) is 41.0 Å². The molecule has 2 aromatic heterocycles. The number of carbonyl (C=O) groups is 3. The van der Waals surface area contributed by atoms with Gasteiger partial charge in [0.25, 0.3) is 11.8 Å². The zero-order valence-electron chi connectivity index (χ0n) is 18.7. The first-order valence-electron chi connectivity index (χ1n) is 11.0. The van der Waals surface area contributed by atoms with Gasteiger partial charge in [-0.1, -0.05) is 23.7 Å². The quantitative estimate of drug-likeness (QED) is 0.366. The summed E-state index contributed by atoms with van der Waals surface area (Å²) in [5.41, 5.74) is 2.98. The van der Waals surface area contributed by atoms with Gasteiger partial charge in [0.1, 0.15) is 17.2 Å². The first-order valence-corrected chi connectivity index (χ1v) is 11.4. The summed E-state index contributed by atoms with van der Waals surface area (Å²) in [6, 6.07) is 11.6. The Morgan fingerprint density at radius 3 is 2.72 bits per heavy atom. The molecule has 2 aromatic carbocycles. The molecule has 2 heterocycles. The Morgan fingerprint density at radius 2 is 1.94 bits per heavy atom. The van der Waals surface area contributed by atoms with Gasteiger partial charge in [-0.25, -0.2) is 18.7 Å². The third-order valence-corrected chi connectivity index (χ3v) is 6.32. The van der Waals surface area contributed by atoms with Crippen LogP contribution in [0, 0.1) is 5.82 Å². The van der Waals surface area contributed by atoms with Gasteiger partial charge in [0.2, 0.25) is 0 Å². The zero-order chi connectivity index (χ0) is 25.4. The maximum Gasteiger partial charge on any atom is 0.335 e. The van der Waals surface area contributed by atoms with Crippen LogP contribution in [-0.4, -0.2) is 37.5 Å². The summed E-state index contributed by atoms with van der Waals surface area (Å²) >= 11 is 5.80. The highest BCUT2D eigenvalue weighted by atomic mass is 35.5. The van der Waals surface area contributed by atoms with E-state index in [-0.39, 0.29) is 34.6 Å². The fourth-order valence-corrected chi connectivity index (χ4v) is 4.45. The van der Waals surface area contributed by atoms with Crippen LogP contribution >= 0.6 is 11.6 Å². The second kappa shape index (κ2) is 9.38. The Morgan fingerprint density at radius 1 is 1.11 bits per heavy atom. The summed E-state index contributed by atoms with van der Waals surface area (Å²) in [6.07, 6.45) is 2.72. The highest BCUT2D eigenvalue weighted by Crippen LogP contribution is 2.32. The highest BCUT2D eigenvalue weighted by molar-refractivity contribution is 6.30. The smallest absolute Gasteiger partial charge is 0.335 e. The molecule has 0 bridgehead atoms. The molecule has 0 fully saturated rings.